The molecule has 0 bridgehead atoms. The van der Waals surface area contributed by atoms with Gasteiger partial charge in [-0.15, -0.1) is 0 Å². The SMILES string of the molecule is CCCOC(=O)c1ccc(N2C(=O)C(=O)/C(=C(\O)c3cccc([N+](=O)[O-])c3)C2c2ccccc2)cc1. The Hall–Kier alpha value is -4.79. The molecular formula is C27H22N2O7. The third kappa shape index (κ3) is 4.58. The van der Waals surface area contributed by atoms with Gasteiger partial charge in [-0.2, -0.15) is 0 Å². The molecular weight excluding hydrogens is 464 g/mol. The standard InChI is InChI=1S/C27H22N2O7/c1-2-15-36-27(33)18-11-13-20(14-12-18)28-23(17-7-4-3-5-8-17)22(25(31)26(28)32)24(30)19-9-6-10-21(16-19)29(34)35/h3-14,16,23,30H,2,15H2,1H3/b24-22-. The number of ether oxygens (including phenoxy) is 1. The number of amides is 1. The lowest BCUT2D eigenvalue weighted by Gasteiger charge is -2.25. The normalized spacial score (nSPS) is 16.7. The third-order valence-electron chi connectivity index (χ3n) is 5.71. The fourth-order valence-electron chi connectivity index (χ4n) is 4.01. The molecule has 1 amide bonds. The highest BCUT2D eigenvalue weighted by Gasteiger charge is 2.47. The van der Waals surface area contributed by atoms with Crippen molar-refractivity contribution in [2.45, 2.75) is 19.4 Å². The fourth-order valence-corrected chi connectivity index (χ4v) is 4.01. The number of nitro benzene ring substituents is 1. The van der Waals surface area contributed by atoms with Crippen LogP contribution < -0.4 is 4.90 Å². The maximum atomic E-state index is 13.2. The Morgan fingerprint density at radius 3 is 2.33 bits per heavy atom. The quantitative estimate of drug-likeness (QED) is 0.127. The Bertz CT molecular complexity index is 1360. The van der Waals surface area contributed by atoms with E-state index in [2.05, 4.69) is 0 Å². The summed E-state index contributed by atoms with van der Waals surface area (Å²) < 4.78 is 5.13. The largest absolute Gasteiger partial charge is 0.507 e. The fraction of sp³-hybridized carbons (Fsp3) is 0.148. The Kier molecular flexibility index (Phi) is 6.91. The molecule has 0 aromatic heterocycles. The van der Waals surface area contributed by atoms with Crippen molar-refractivity contribution in [3.05, 3.63) is 111 Å². The molecule has 0 aliphatic carbocycles. The second-order valence-corrected chi connectivity index (χ2v) is 8.07. The average molecular weight is 486 g/mol. The number of benzene rings is 3. The van der Waals surface area contributed by atoms with Crippen molar-refractivity contribution in [3.8, 4) is 0 Å². The average Bonchev–Trinajstić information content (AvgIpc) is 3.17. The number of ketones is 1. The molecule has 1 heterocycles. The number of nitrogens with zero attached hydrogens (tertiary/aromatic N) is 2. The lowest BCUT2D eigenvalue weighted by Crippen LogP contribution is -2.29. The first kappa shape index (κ1) is 24.3. The summed E-state index contributed by atoms with van der Waals surface area (Å²) in [5.41, 5.74) is 0.744. The number of nitro groups is 1. The Labute approximate surface area is 206 Å². The van der Waals surface area contributed by atoms with Crippen molar-refractivity contribution in [2.24, 2.45) is 0 Å². The first-order chi connectivity index (χ1) is 17.3. The summed E-state index contributed by atoms with van der Waals surface area (Å²) in [4.78, 5) is 50.4. The second kappa shape index (κ2) is 10.2. The van der Waals surface area contributed by atoms with E-state index in [0.29, 0.717) is 17.7 Å². The second-order valence-electron chi connectivity index (χ2n) is 8.07. The molecule has 4 rings (SSSR count). The highest BCUT2D eigenvalue weighted by Crippen LogP contribution is 2.42. The molecule has 1 fully saturated rings. The van der Waals surface area contributed by atoms with Gasteiger partial charge in [0.15, 0.2) is 0 Å². The first-order valence-corrected chi connectivity index (χ1v) is 11.2. The van der Waals surface area contributed by atoms with Crippen LogP contribution in [0.1, 0.15) is 40.9 Å². The van der Waals surface area contributed by atoms with E-state index in [-0.39, 0.29) is 29.0 Å². The molecule has 9 nitrogen and oxygen atoms in total. The monoisotopic (exact) mass is 486 g/mol. The molecule has 3 aromatic carbocycles. The Morgan fingerprint density at radius 1 is 1.00 bits per heavy atom. The lowest BCUT2D eigenvalue weighted by atomic mass is 9.95. The lowest BCUT2D eigenvalue weighted by molar-refractivity contribution is -0.384. The maximum absolute atomic E-state index is 13.2. The van der Waals surface area contributed by atoms with Gasteiger partial charge in [0.05, 0.1) is 28.7 Å². The van der Waals surface area contributed by atoms with E-state index < -0.39 is 34.4 Å². The van der Waals surface area contributed by atoms with Gasteiger partial charge in [0.2, 0.25) is 0 Å². The van der Waals surface area contributed by atoms with Crippen LogP contribution in [0.25, 0.3) is 5.76 Å². The van der Waals surface area contributed by atoms with Crippen LogP contribution in [-0.4, -0.2) is 34.3 Å². The van der Waals surface area contributed by atoms with Crippen molar-refractivity contribution in [2.75, 3.05) is 11.5 Å². The molecule has 9 heteroatoms. The van der Waals surface area contributed by atoms with Gasteiger partial charge in [-0.25, -0.2) is 4.79 Å². The minimum atomic E-state index is -0.997. The number of hydrogen-bond acceptors (Lipinski definition) is 7. The van der Waals surface area contributed by atoms with Gasteiger partial charge in [0.1, 0.15) is 5.76 Å². The Balaban J connectivity index is 1.82. The van der Waals surface area contributed by atoms with Crippen LogP contribution in [0, 0.1) is 10.1 Å². The van der Waals surface area contributed by atoms with Gasteiger partial charge in [0, 0.05) is 23.4 Å². The number of Topliss-reactive ketones (excluding diaryl/α,β-unsaturated/α-hetero) is 1. The molecule has 0 spiro atoms. The number of esters is 1. The van der Waals surface area contributed by atoms with Gasteiger partial charge in [-0.3, -0.25) is 24.6 Å². The van der Waals surface area contributed by atoms with Crippen LogP contribution in [0.2, 0.25) is 0 Å². The zero-order chi connectivity index (χ0) is 25.8. The molecule has 1 unspecified atom stereocenters. The van der Waals surface area contributed by atoms with E-state index in [1.54, 1.807) is 30.3 Å². The van der Waals surface area contributed by atoms with Crippen LogP contribution in [0.5, 0.6) is 0 Å². The van der Waals surface area contributed by atoms with Crippen molar-refractivity contribution < 1.29 is 29.2 Å². The summed E-state index contributed by atoms with van der Waals surface area (Å²) in [5, 5.41) is 22.3. The molecule has 3 aromatic rings. The highest BCUT2D eigenvalue weighted by molar-refractivity contribution is 6.51. The van der Waals surface area contributed by atoms with E-state index in [1.807, 2.05) is 6.92 Å². The van der Waals surface area contributed by atoms with Gasteiger partial charge < -0.3 is 9.84 Å². The van der Waals surface area contributed by atoms with Gasteiger partial charge in [-0.05, 0) is 36.2 Å². The number of rotatable bonds is 7. The number of aliphatic hydroxyl groups excluding tert-OH is 1. The summed E-state index contributed by atoms with van der Waals surface area (Å²) >= 11 is 0. The van der Waals surface area contributed by atoms with Crippen molar-refractivity contribution in [1.82, 2.24) is 0 Å². The van der Waals surface area contributed by atoms with Crippen LogP contribution in [-0.2, 0) is 14.3 Å². The number of aliphatic hydroxyl groups is 1. The third-order valence-corrected chi connectivity index (χ3v) is 5.71. The summed E-state index contributed by atoms with van der Waals surface area (Å²) in [6.07, 6.45) is 0.677. The number of anilines is 1. The maximum Gasteiger partial charge on any atom is 0.338 e. The summed E-state index contributed by atoms with van der Waals surface area (Å²) in [7, 11) is 0. The summed E-state index contributed by atoms with van der Waals surface area (Å²) in [5.74, 6) is -2.83. The predicted molar refractivity (Wildman–Crippen MR) is 131 cm³/mol. The van der Waals surface area contributed by atoms with Crippen molar-refractivity contribution >= 4 is 34.8 Å². The summed E-state index contributed by atoms with van der Waals surface area (Å²) in [6.45, 7) is 2.16. The van der Waals surface area contributed by atoms with Crippen LogP contribution in [0.4, 0.5) is 11.4 Å². The van der Waals surface area contributed by atoms with Crippen molar-refractivity contribution in [3.63, 3.8) is 0 Å². The molecule has 1 aliphatic heterocycles. The topological polar surface area (TPSA) is 127 Å². The number of non-ortho nitro benzene ring substituents is 1. The van der Waals surface area contributed by atoms with Crippen LogP contribution in [0.3, 0.4) is 0 Å². The molecule has 1 N–H and O–H groups in total. The minimum absolute atomic E-state index is 0.0390. The molecule has 36 heavy (non-hydrogen) atoms. The minimum Gasteiger partial charge on any atom is -0.507 e. The van der Waals surface area contributed by atoms with E-state index in [1.165, 1.54) is 47.4 Å². The number of carbonyl (C=O) groups is 3. The van der Waals surface area contributed by atoms with Crippen LogP contribution in [0.15, 0.2) is 84.4 Å². The molecule has 182 valence electrons. The van der Waals surface area contributed by atoms with Gasteiger partial charge in [-0.1, -0.05) is 49.4 Å². The number of carbonyl (C=O) groups excluding carboxylic acids is 3. The molecule has 0 radical (unpaired) electrons. The zero-order valence-electron chi connectivity index (χ0n) is 19.3. The molecule has 1 saturated heterocycles. The Morgan fingerprint density at radius 2 is 1.69 bits per heavy atom. The van der Waals surface area contributed by atoms with E-state index in [9.17, 15) is 29.6 Å². The molecule has 1 atom stereocenters. The van der Waals surface area contributed by atoms with Crippen LogP contribution >= 0.6 is 0 Å². The molecule has 0 saturated carbocycles. The van der Waals surface area contributed by atoms with Crippen molar-refractivity contribution in [1.29, 1.82) is 0 Å². The van der Waals surface area contributed by atoms with E-state index in [0.717, 1.165) is 6.07 Å². The first-order valence-electron chi connectivity index (χ1n) is 11.2. The van der Waals surface area contributed by atoms with E-state index in [4.69, 9.17) is 4.74 Å². The zero-order valence-corrected chi connectivity index (χ0v) is 19.3. The van der Waals surface area contributed by atoms with Gasteiger partial charge >= 0.3 is 5.97 Å². The number of hydrogen-bond donors (Lipinski definition) is 1. The summed E-state index contributed by atoms with van der Waals surface area (Å²) in [6, 6.07) is 18.9. The highest BCUT2D eigenvalue weighted by atomic mass is 16.6. The molecule has 1 aliphatic rings. The van der Waals surface area contributed by atoms with E-state index >= 15 is 0 Å². The smallest absolute Gasteiger partial charge is 0.338 e. The predicted octanol–water partition coefficient (Wildman–Crippen LogP) is 4.79. The van der Waals surface area contributed by atoms with Gasteiger partial charge in [0.25, 0.3) is 17.4 Å².